The summed E-state index contributed by atoms with van der Waals surface area (Å²) >= 11 is 0. The lowest BCUT2D eigenvalue weighted by Gasteiger charge is -2.64. The summed E-state index contributed by atoms with van der Waals surface area (Å²) in [7, 11) is 0. The Hall–Kier alpha value is -0.120. The van der Waals surface area contributed by atoms with Gasteiger partial charge in [-0.25, -0.2) is 0 Å². The predicted molar refractivity (Wildman–Crippen MR) is 89.8 cm³/mol. The molecule has 23 heavy (non-hydrogen) atoms. The molecule has 1 spiro atoms. The standard InChI is InChI=1S/C20H34O3/c1-17(12-21)7-3-8-18(2)15(17)6-9-19-10-14(4-5-16(18)19)20(23,11-19)13-22/h14-16,21-23H,3-13H2,1-2H3/t14-,15-,16-,17+,18-,19+,20+/m1/s1. The van der Waals surface area contributed by atoms with Crippen molar-refractivity contribution in [3.8, 4) is 0 Å². The van der Waals surface area contributed by atoms with Gasteiger partial charge in [0, 0.05) is 6.61 Å². The second-order valence-electron chi connectivity index (χ2n) is 10.1. The average Bonchev–Trinajstić information content (AvgIpc) is 2.74. The highest BCUT2D eigenvalue weighted by Crippen LogP contribution is 2.72. The highest BCUT2D eigenvalue weighted by molar-refractivity contribution is 5.16. The molecular weight excluding hydrogens is 288 g/mol. The highest BCUT2D eigenvalue weighted by Gasteiger charge is 2.67. The maximum atomic E-state index is 10.9. The molecule has 7 atom stereocenters. The quantitative estimate of drug-likeness (QED) is 0.732. The Morgan fingerprint density at radius 3 is 2.39 bits per heavy atom. The summed E-state index contributed by atoms with van der Waals surface area (Å²) in [5.74, 6) is 1.58. The van der Waals surface area contributed by atoms with Gasteiger partial charge in [-0.1, -0.05) is 20.3 Å². The van der Waals surface area contributed by atoms with E-state index in [1.807, 2.05) is 0 Å². The SMILES string of the molecule is C[C@@]1(CO)CCC[C@]2(C)[C@@H]1CC[C@@]13C[C@@H](CC[C@@H]12)[C@@](O)(CO)C3. The van der Waals surface area contributed by atoms with Crippen LogP contribution in [0.3, 0.4) is 0 Å². The van der Waals surface area contributed by atoms with Crippen LogP contribution in [0, 0.1) is 34.0 Å². The molecule has 0 aromatic rings. The van der Waals surface area contributed by atoms with Crippen molar-refractivity contribution in [2.45, 2.75) is 77.2 Å². The first-order valence-corrected chi connectivity index (χ1v) is 9.76. The molecule has 0 aromatic heterocycles. The van der Waals surface area contributed by atoms with Crippen molar-refractivity contribution in [3.63, 3.8) is 0 Å². The Labute approximate surface area is 140 Å². The maximum Gasteiger partial charge on any atom is 0.0910 e. The first kappa shape index (κ1) is 16.4. The summed E-state index contributed by atoms with van der Waals surface area (Å²) in [6.07, 6.45) is 10.3. The van der Waals surface area contributed by atoms with Crippen LogP contribution in [0.15, 0.2) is 0 Å². The first-order valence-electron chi connectivity index (χ1n) is 9.76. The number of rotatable bonds is 2. The monoisotopic (exact) mass is 322 g/mol. The smallest absolute Gasteiger partial charge is 0.0910 e. The number of hydrogen-bond acceptors (Lipinski definition) is 3. The molecule has 4 aliphatic carbocycles. The van der Waals surface area contributed by atoms with Crippen molar-refractivity contribution >= 4 is 0 Å². The van der Waals surface area contributed by atoms with E-state index < -0.39 is 5.60 Å². The van der Waals surface area contributed by atoms with Crippen molar-refractivity contribution in [1.82, 2.24) is 0 Å². The van der Waals surface area contributed by atoms with Gasteiger partial charge in [0.1, 0.15) is 0 Å². The van der Waals surface area contributed by atoms with Crippen LogP contribution in [0.1, 0.15) is 71.6 Å². The Morgan fingerprint density at radius 2 is 1.70 bits per heavy atom. The summed E-state index contributed by atoms with van der Waals surface area (Å²) in [6.45, 7) is 5.04. The molecule has 0 unspecified atom stereocenters. The molecule has 2 bridgehead atoms. The van der Waals surface area contributed by atoms with E-state index in [1.54, 1.807) is 0 Å². The zero-order chi connectivity index (χ0) is 16.5. The molecule has 0 aliphatic heterocycles. The molecule has 0 heterocycles. The van der Waals surface area contributed by atoms with Gasteiger partial charge < -0.3 is 15.3 Å². The van der Waals surface area contributed by atoms with Gasteiger partial charge in [-0.05, 0) is 85.4 Å². The summed E-state index contributed by atoms with van der Waals surface area (Å²) in [4.78, 5) is 0. The maximum absolute atomic E-state index is 10.9. The van der Waals surface area contributed by atoms with E-state index in [0.717, 1.165) is 25.7 Å². The third-order valence-electron chi connectivity index (χ3n) is 9.08. The third kappa shape index (κ3) is 1.99. The summed E-state index contributed by atoms with van der Waals surface area (Å²) in [5, 5.41) is 30.8. The second-order valence-corrected chi connectivity index (χ2v) is 10.1. The molecule has 0 saturated heterocycles. The molecule has 0 radical (unpaired) electrons. The highest BCUT2D eigenvalue weighted by atomic mass is 16.3. The van der Waals surface area contributed by atoms with Gasteiger partial charge in [0.25, 0.3) is 0 Å². The van der Waals surface area contributed by atoms with Gasteiger partial charge in [-0.15, -0.1) is 0 Å². The van der Waals surface area contributed by atoms with Crippen LogP contribution >= 0.6 is 0 Å². The van der Waals surface area contributed by atoms with Crippen molar-refractivity contribution in [2.24, 2.45) is 34.0 Å². The van der Waals surface area contributed by atoms with Crippen LogP contribution in [0.2, 0.25) is 0 Å². The van der Waals surface area contributed by atoms with Crippen LogP contribution in [0.5, 0.6) is 0 Å². The fraction of sp³-hybridized carbons (Fsp3) is 1.00. The van der Waals surface area contributed by atoms with E-state index in [-0.39, 0.29) is 17.4 Å². The molecular formula is C20H34O3. The zero-order valence-corrected chi connectivity index (χ0v) is 14.9. The van der Waals surface area contributed by atoms with E-state index >= 15 is 0 Å². The molecule has 132 valence electrons. The van der Waals surface area contributed by atoms with Gasteiger partial charge >= 0.3 is 0 Å². The minimum absolute atomic E-state index is 0.0688. The molecule has 4 fully saturated rings. The Balaban J connectivity index is 1.71. The molecule has 3 heteroatoms. The van der Waals surface area contributed by atoms with E-state index in [9.17, 15) is 15.3 Å². The predicted octanol–water partition coefficient (Wildman–Crippen LogP) is 3.12. The summed E-state index contributed by atoms with van der Waals surface area (Å²) in [6, 6.07) is 0. The van der Waals surface area contributed by atoms with Gasteiger partial charge in [-0.3, -0.25) is 0 Å². The lowest BCUT2D eigenvalue weighted by Crippen LogP contribution is -2.57. The molecule has 4 aliphatic rings. The van der Waals surface area contributed by atoms with Crippen LogP contribution < -0.4 is 0 Å². The van der Waals surface area contributed by atoms with Crippen LogP contribution in [0.4, 0.5) is 0 Å². The van der Waals surface area contributed by atoms with Crippen molar-refractivity contribution in [2.75, 3.05) is 13.2 Å². The van der Waals surface area contributed by atoms with Gasteiger partial charge in [0.05, 0.1) is 12.2 Å². The van der Waals surface area contributed by atoms with Crippen LogP contribution in [0.25, 0.3) is 0 Å². The van der Waals surface area contributed by atoms with Gasteiger partial charge in [0.2, 0.25) is 0 Å². The van der Waals surface area contributed by atoms with Gasteiger partial charge in [-0.2, -0.15) is 0 Å². The Bertz CT molecular complexity index is 493. The first-order chi connectivity index (χ1) is 10.8. The topological polar surface area (TPSA) is 60.7 Å². The van der Waals surface area contributed by atoms with Crippen LogP contribution in [-0.2, 0) is 0 Å². The van der Waals surface area contributed by atoms with E-state index in [0.29, 0.717) is 29.8 Å². The minimum Gasteiger partial charge on any atom is -0.396 e. The zero-order valence-electron chi connectivity index (χ0n) is 14.9. The second kappa shape index (κ2) is 4.95. The van der Waals surface area contributed by atoms with Gasteiger partial charge in [0.15, 0.2) is 0 Å². The van der Waals surface area contributed by atoms with Crippen molar-refractivity contribution < 1.29 is 15.3 Å². The number of aliphatic hydroxyl groups is 3. The fourth-order valence-corrected chi connectivity index (χ4v) is 8.13. The number of hydrogen-bond donors (Lipinski definition) is 3. The molecule has 3 N–H and O–H groups in total. The molecule has 3 nitrogen and oxygen atoms in total. The molecule has 4 rings (SSSR count). The van der Waals surface area contributed by atoms with E-state index in [4.69, 9.17) is 0 Å². The largest absolute Gasteiger partial charge is 0.396 e. The lowest BCUT2D eigenvalue weighted by atomic mass is 9.41. The number of aliphatic hydroxyl groups excluding tert-OH is 2. The molecule has 4 saturated carbocycles. The summed E-state index contributed by atoms with van der Waals surface area (Å²) in [5.41, 5.74) is -0.191. The molecule has 0 aromatic carbocycles. The molecule has 0 amide bonds. The Morgan fingerprint density at radius 1 is 0.913 bits per heavy atom. The third-order valence-corrected chi connectivity index (χ3v) is 9.08. The Kier molecular flexibility index (Phi) is 3.52. The van der Waals surface area contributed by atoms with Crippen molar-refractivity contribution in [1.29, 1.82) is 0 Å². The normalized spacial score (nSPS) is 58.6. The van der Waals surface area contributed by atoms with E-state index in [2.05, 4.69) is 13.8 Å². The fourth-order valence-electron chi connectivity index (χ4n) is 8.13. The lowest BCUT2D eigenvalue weighted by molar-refractivity contribution is -0.159. The summed E-state index contributed by atoms with van der Waals surface area (Å²) < 4.78 is 0. The average molecular weight is 322 g/mol. The van der Waals surface area contributed by atoms with Crippen molar-refractivity contribution in [3.05, 3.63) is 0 Å². The van der Waals surface area contributed by atoms with E-state index in [1.165, 1.54) is 32.1 Å². The van der Waals surface area contributed by atoms with Crippen LogP contribution in [-0.4, -0.2) is 34.1 Å². The minimum atomic E-state index is -0.826. The number of fused-ring (bicyclic) bond motifs is 3.